The Labute approximate surface area is 122 Å². The van der Waals surface area contributed by atoms with E-state index in [1.165, 1.54) is 12.3 Å². The lowest BCUT2D eigenvalue weighted by Gasteiger charge is -2.20. The minimum atomic E-state index is -0.243. The highest BCUT2D eigenvalue weighted by molar-refractivity contribution is 6.23. The highest BCUT2D eigenvalue weighted by atomic mass is 16.1. The van der Waals surface area contributed by atoms with Crippen molar-refractivity contribution in [3.8, 4) is 0 Å². The number of fused-ring (bicyclic) bond motifs is 1. The molecule has 1 aromatic carbocycles. The number of pyridine rings is 1. The number of benzene rings is 1. The third-order valence-corrected chi connectivity index (χ3v) is 3.48. The van der Waals surface area contributed by atoms with Gasteiger partial charge in [0.15, 0.2) is 5.78 Å². The van der Waals surface area contributed by atoms with Gasteiger partial charge in [0.1, 0.15) is 5.69 Å². The molecule has 0 aliphatic heterocycles. The number of ketones is 2. The minimum Gasteiger partial charge on any atom is -0.375 e. The molecule has 0 bridgehead atoms. The third kappa shape index (κ3) is 2.48. The molecular weight excluding hydrogens is 264 g/mol. The lowest BCUT2D eigenvalue weighted by molar-refractivity contribution is 0.0972. The molecule has 1 atom stereocenters. The summed E-state index contributed by atoms with van der Waals surface area (Å²) in [4.78, 5) is 28.5. The smallest absolute Gasteiger partial charge is 0.228 e. The first-order valence-corrected chi connectivity index (χ1v) is 6.74. The number of carbonyl (C=O) groups excluding carboxylic acids is 2. The van der Waals surface area contributed by atoms with Gasteiger partial charge in [-0.2, -0.15) is 0 Å². The Morgan fingerprint density at radius 3 is 2.57 bits per heavy atom. The normalized spacial score (nSPS) is 15.2. The van der Waals surface area contributed by atoms with Gasteiger partial charge < -0.3 is 5.32 Å². The number of Topliss-reactive ketones (excluding diaryl/α,β-unsaturated/α-hetero) is 1. The van der Waals surface area contributed by atoms with Crippen LogP contribution in [0.1, 0.15) is 39.4 Å². The second kappa shape index (κ2) is 5.32. The Morgan fingerprint density at radius 2 is 1.81 bits per heavy atom. The molecular formula is C17H14N2O2. The average Bonchev–Trinajstić information content (AvgIpc) is 2.53. The summed E-state index contributed by atoms with van der Waals surface area (Å²) >= 11 is 0. The van der Waals surface area contributed by atoms with Gasteiger partial charge in [-0.1, -0.05) is 30.3 Å². The van der Waals surface area contributed by atoms with E-state index in [-0.39, 0.29) is 23.3 Å². The average molecular weight is 278 g/mol. The zero-order valence-corrected chi connectivity index (χ0v) is 11.5. The Morgan fingerprint density at radius 1 is 1.05 bits per heavy atom. The maximum Gasteiger partial charge on any atom is 0.228 e. The standard InChI is InChI=1S/C17H14N2O2/c1-11(12-6-3-2-4-7-12)19-14-10-15(20)13-8-5-9-18-16(13)17(14)21/h2-11,19H,1H3. The highest BCUT2D eigenvalue weighted by Crippen LogP contribution is 2.20. The second-order valence-electron chi connectivity index (χ2n) is 4.93. The van der Waals surface area contributed by atoms with Crippen LogP contribution in [0.4, 0.5) is 0 Å². The van der Waals surface area contributed by atoms with Crippen LogP contribution in [0.5, 0.6) is 0 Å². The Bertz CT molecular complexity index is 735. The van der Waals surface area contributed by atoms with Gasteiger partial charge in [0, 0.05) is 18.3 Å². The number of hydrogen-bond acceptors (Lipinski definition) is 4. The van der Waals surface area contributed by atoms with Crippen molar-refractivity contribution in [1.29, 1.82) is 0 Å². The first kappa shape index (κ1) is 13.2. The molecule has 1 heterocycles. The van der Waals surface area contributed by atoms with Crippen molar-refractivity contribution in [1.82, 2.24) is 10.3 Å². The summed E-state index contributed by atoms with van der Waals surface area (Å²) in [7, 11) is 0. The number of nitrogens with zero attached hydrogens (tertiary/aromatic N) is 1. The molecule has 0 fully saturated rings. The van der Waals surface area contributed by atoms with E-state index in [2.05, 4.69) is 10.3 Å². The van der Waals surface area contributed by atoms with Crippen LogP contribution in [-0.4, -0.2) is 16.6 Å². The van der Waals surface area contributed by atoms with Crippen LogP contribution in [-0.2, 0) is 0 Å². The quantitative estimate of drug-likeness (QED) is 0.937. The second-order valence-corrected chi connectivity index (χ2v) is 4.93. The molecule has 1 unspecified atom stereocenters. The van der Waals surface area contributed by atoms with E-state index in [4.69, 9.17) is 0 Å². The molecule has 3 rings (SSSR count). The molecule has 4 nitrogen and oxygen atoms in total. The van der Waals surface area contributed by atoms with Gasteiger partial charge in [-0.3, -0.25) is 14.6 Å². The van der Waals surface area contributed by atoms with Crippen molar-refractivity contribution in [2.45, 2.75) is 13.0 Å². The van der Waals surface area contributed by atoms with Crippen molar-refractivity contribution in [3.63, 3.8) is 0 Å². The number of carbonyl (C=O) groups is 2. The van der Waals surface area contributed by atoms with Gasteiger partial charge in [0.2, 0.25) is 5.78 Å². The summed E-state index contributed by atoms with van der Waals surface area (Å²) in [5.41, 5.74) is 1.92. The topological polar surface area (TPSA) is 59.1 Å². The first-order chi connectivity index (χ1) is 10.2. The van der Waals surface area contributed by atoms with Crippen molar-refractivity contribution in [3.05, 3.63) is 77.3 Å². The highest BCUT2D eigenvalue weighted by Gasteiger charge is 2.27. The fourth-order valence-electron chi connectivity index (χ4n) is 2.35. The largest absolute Gasteiger partial charge is 0.375 e. The van der Waals surface area contributed by atoms with Crippen LogP contribution in [0, 0.1) is 0 Å². The number of hydrogen-bond donors (Lipinski definition) is 1. The summed E-state index contributed by atoms with van der Waals surface area (Å²) in [6, 6.07) is 13.0. The van der Waals surface area contributed by atoms with Gasteiger partial charge in [0.25, 0.3) is 0 Å². The van der Waals surface area contributed by atoms with Crippen LogP contribution in [0.3, 0.4) is 0 Å². The molecule has 0 radical (unpaired) electrons. The lowest BCUT2D eigenvalue weighted by atomic mass is 9.96. The number of aromatic nitrogens is 1. The monoisotopic (exact) mass is 278 g/mol. The van der Waals surface area contributed by atoms with Crippen molar-refractivity contribution in [2.75, 3.05) is 0 Å². The Balaban J connectivity index is 1.88. The molecule has 1 N–H and O–H groups in total. The Hall–Kier alpha value is -2.75. The first-order valence-electron chi connectivity index (χ1n) is 6.74. The van der Waals surface area contributed by atoms with Gasteiger partial charge in [0.05, 0.1) is 11.3 Å². The van der Waals surface area contributed by atoms with Crippen LogP contribution < -0.4 is 5.32 Å². The summed E-state index contributed by atoms with van der Waals surface area (Å²) in [6.07, 6.45) is 2.87. The lowest BCUT2D eigenvalue weighted by Crippen LogP contribution is -2.29. The predicted octanol–water partition coefficient (Wildman–Crippen LogP) is 2.70. The summed E-state index contributed by atoms with van der Waals surface area (Å²) in [5.74, 6) is -0.437. The molecule has 1 aliphatic carbocycles. The van der Waals surface area contributed by atoms with Crippen LogP contribution >= 0.6 is 0 Å². The van der Waals surface area contributed by atoms with Gasteiger partial charge in [-0.25, -0.2) is 0 Å². The molecule has 0 saturated heterocycles. The van der Waals surface area contributed by atoms with E-state index in [9.17, 15) is 9.59 Å². The van der Waals surface area contributed by atoms with E-state index >= 15 is 0 Å². The van der Waals surface area contributed by atoms with E-state index in [0.29, 0.717) is 11.3 Å². The van der Waals surface area contributed by atoms with Crippen LogP contribution in [0.15, 0.2) is 60.4 Å². The molecule has 0 amide bonds. The molecule has 2 aromatic rings. The fraction of sp³-hybridized carbons (Fsp3) is 0.118. The number of allylic oxidation sites excluding steroid dienone is 2. The van der Waals surface area contributed by atoms with Gasteiger partial charge in [-0.15, -0.1) is 0 Å². The van der Waals surface area contributed by atoms with E-state index in [1.54, 1.807) is 12.1 Å². The predicted molar refractivity (Wildman–Crippen MR) is 79.0 cm³/mol. The molecule has 1 aliphatic rings. The van der Waals surface area contributed by atoms with E-state index in [1.807, 2.05) is 37.3 Å². The summed E-state index contributed by atoms with van der Waals surface area (Å²) in [6.45, 7) is 1.95. The van der Waals surface area contributed by atoms with Gasteiger partial charge >= 0.3 is 0 Å². The molecule has 21 heavy (non-hydrogen) atoms. The molecule has 104 valence electrons. The number of rotatable bonds is 3. The van der Waals surface area contributed by atoms with E-state index in [0.717, 1.165) is 5.56 Å². The SMILES string of the molecule is CC(NC1=CC(=O)c2cccnc2C1=O)c1ccccc1. The van der Waals surface area contributed by atoms with Gasteiger partial charge in [-0.05, 0) is 24.6 Å². The summed E-state index contributed by atoms with van der Waals surface area (Å²) < 4.78 is 0. The Kier molecular flexibility index (Phi) is 3.36. The van der Waals surface area contributed by atoms with Crippen LogP contribution in [0.25, 0.3) is 0 Å². The maximum atomic E-state index is 12.4. The molecule has 4 heteroatoms. The van der Waals surface area contributed by atoms with Crippen molar-refractivity contribution in [2.24, 2.45) is 0 Å². The van der Waals surface area contributed by atoms with Crippen molar-refractivity contribution >= 4 is 11.6 Å². The van der Waals surface area contributed by atoms with E-state index < -0.39 is 0 Å². The zero-order valence-electron chi connectivity index (χ0n) is 11.5. The zero-order chi connectivity index (χ0) is 14.8. The third-order valence-electron chi connectivity index (χ3n) is 3.48. The molecule has 1 aromatic heterocycles. The van der Waals surface area contributed by atoms with Crippen molar-refractivity contribution < 1.29 is 9.59 Å². The number of nitrogens with one attached hydrogen (secondary N) is 1. The molecule has 0 spiro atoms. The fourth-order valence-corrected chi connectivity index (χ4v) is 2.35. The minimum absolute atomic E-state index is 0.0699. The summed E-state index contributed by atoms with van der Waals surface area (Å²) in [5, 5.41) is 3.11. The molecule has 0 saturated carbocycles. The van der Waals surface area contributed by atoms with Crippen LogP contribution in [0.2, 0.25) is 0 Å². The maximum absolute atomic E-state index is 12.4.